The van der Waals surface area contributed by atoms with Crippen LogP contribution in [0, 0.1) is 6.92 Å². The lowest BCUT2D eigenvalue weighted by atomic mass is 10.1. The van der Waals surface area contributed by atoms with Crippen LogP contribution in [0.5, 0.6) is 0 Å². The van der Waals surface area contributed by atoms with Gasteiger partial charge in [0.2, 0.25) is 0 Å². The zero-order chi connectivity index (χ0) is 21.4. The average molecular weight is 409 g/mol. The van der Waals surface area contributed by atoms with E-state index in [1.807, 2.05) is 85.8 Å². The Kier molecular flexibility index (Phi) is 4.55. The highest BCUT2D eigenvalue weighted by Gasteiger charge is 2.22. The Labute approximate surface area is 178 Å². The lowest BCUT2D eigenvalue weighted by Gasteiger charge is -2.16. The molecule has 0 aliphatic rings. The minimum Gasteiger partial charge on any atom is -0.355 e. The van der Waals surface area contributed by atoms with Gasteiger partial charge in [-0.25, -0.2) is 4.68 Å². The number of benzene rings is 3. The van der Waals surface area contributed by atoms with Crippen LogP contribution in [0.2, 0.25) is 0 Å². The van der Waals surface area contributed by atoms with Crippen molar-refractivity contribution in [3.05, 3.63) is 90.3 Å². The van der Waals surface area contributed by atoms with Crippen LogP contribution in [0.25, 0.3) is 27.9 Å². The number of carbonyl (C=O) groups is 1. The number of anilines is 1. The quantitative estimate of drug-likeness (QED) is 0.431. The van der Waals surface area contributed by atoms with Gasteiger partial charge in [-0.05, 0) is 37.3 Å². The first kappa shape index (κ1) is 18.7. The van der Waals surface area contributed by atoms with Gasteiger partial charge in [0.05, 0.1) is 16.8 Å². The van der Waals surface area contributed by atoms with Gasteiger partial charge >= 0.3 is 0 Å². The Balaban J connectivity index is 1.53. The fraction of sp³-hybridized carbons (Fsp3) is 0.0833. The summed E-state index contributed by atoms with van der Waals surface area (Å²) in [5.74, 6) is 0.473. The second-order valence-corrected chi connectivity index (χ2v) is 7.21. The first-order chi connectivity index (χ1) is 15.1. The van der Waals surface area contributed by atoms with E-state index in [0.717, 1.165) is 27.8 Å². The molecule has 0 fully saturated rings. The third-order valence-electron chi connectivity index (χ3n) is 5.29. The highest BCUT2D eigenvalue weighted by Crippen LogP contribution is 2.30. The maximum atomic E-state index is 13.0. The molecule has 0 spiro atoms. The molecule has 0 saturated heterocycles. The highest BCUT2D eigenvalue weighted by atomic mass is 16.5. The fourth-order valence-electron chi connectivity index (χ4n) is 3.56. The summed E-state index contributed by atoms with van der Waals surface area (Å²) >= 11 is 0. The smallest absolute Gasteiger partial charge is 0.280 e. The number of carbonyl (C=O) groups excluding carboxylic acids is 1. The maximum absolute atomic E-state index is 13.0. The second-order valence-electron chi connectivity index (χ2n) is 7.21. The summed E-state index contributed by atoms with van der Waals surface area (Å²) in [5.41, 5.74) is 4.22. The Hall–Kier alpha value is -4.26. The van der Waals surface area contributed by atoms with E-state index in [9.17, 15) is 4.79 Å². The lowest BCUT2D eigenvalue weighted by molar-refractivity contribution is 0.0987. The van der Waals surface area contributed by atoms with E-state index < -0.39 is 0 Å². The topological polar surface area (TPSA) is 77.1 Å². The van der Waals surface area contributed by atoms with Gasteiger partial charge in [0.15, 0.2) is 11.5 Å². The predicted molar refractivity (Wildman–Crippen MR) is 118 cm³/mol. The number of nitrogens with zero attached hydrogens (tertiary/aromatic N) is 5. The molecule has 5 aromatic rings. The molecule has 0 aliphatic heterocycles. The van der Waals surface area contributed by atoms with Crippen molar-refractivity contribution in [3.63, 3.8) is 0 Å². The Bertz CT molecular complexity index is 1370. The zero-order valence-electron chi connectivity index (χ0n) is 17.1. The molecule has 3 aromatic carbocycles. The van der Waals surface area contributed by atoms with Crippen LogP contribution < -0.4 is 4.90 Å². The predicted octanol–water partition coefficient (Wildman–Crippen LogP) is 4.66. The van der Waals surface area contributed by atoms with Crippen LogP contribution in [0.3, 0.4) is 0 Å². The third kappa shape index (κ3) is 3.26. The molecule has 0 aliphatic carbocycles. The molecule has 0 bridgehead atoms. The minimum absolute atomic E-state index is 0.217. The summed E-state index contributed by atoms with van der Waals surface area (Å²) in [6, 6.07) is 25.0. The average Bonchev–Trinajstić information content (AvgIpc) is 3.42. The Morgan fingerprint density at radius 3 is 2.42 bits per heavy atom. The van der Waals surface area contributed by atoms with Crippen molar-refractivity contribution >= 4 is 22.5 Å². The molecule has 7 heteroatoms. The van der Waals surface area contributed by atoms with Gasteiger partial charge in [-0.2, -0.15) is 0 Å². The standard InChI is InChI=1S/C24H19N5O2/c1-16-22(24(30)28(2)18-11-7-4-8-12-18)25-27-29(16)19-13-14-21-20(15-19)23(31-26-21)17-9-5-3-6-10-17/h3-15H,1-2H3. The first-order valence-electron chi connectivity index (χ1n) is 9.84. The van der Waals surface area contributed by atoms with Crippen molar-refractivity contribution in [3.8, 4) is 17.0 Å². The van der Waals surface area contributed by atoms with Gasteiger partial charge in [0.25, 0.3) is 5.91 Å². The first-order valence-corrected chi connectivity index (χ1v) is 9.84. The van der Waals surface area contributed by atoms with E-state index in [2.05, 4.69) is 15.5 Å². The molecule has 7 nitrogen and oxygen atoms in total. The Morgan fingerprint density at radius 2 is 1.68 bits per heavy atom. The molecule has 0 N–H and O–H groups in total. The monoisotopic (exact) mass is 409 g/mol. The van der Waals surface area contributed by atoms with Crippen molar-refractivity contribution in [1.82, 2.24) is 20.2 Å². The number of hydrogen-bond acceptors (Lipinski definition) is 5. The molecule has 0 unspecified atom stereocenters. The van der Waals surface area contributed by atoms with Crippen LogP contribution in [-0.4, -0.2) is 33.1 Å². The van der Waals surface area contributed by atoms with Gasteiger partial charge in [0.1, 0.15) is 5.52 Å². The van der Waals surface area contributed by atoms with E-state index in [1.165, 1.54) is 0 Å². The number of fused-ring (bicyclic) bond motifs is 1. The summed E-state index contributed by atoms with van der Waals surface area (Å²) in [6.07, 6.45) is 0. The molecule has 2 aromatic heterocycles. The van der Waals surface area contributed by atoms with Gasteiger partial charge in [-0.3, -0.25) is 4.79 Å². The number of amides is 1. The van der Waals surface area contributed by atoms with Crippen molar-refractivity contribution in [2.45, 2.75) is 6.92 Å². The van der Waals surface area contributed by atoms with Gasteiger partial charge in [-0.15, -0.1) is 5.10 Å². The third-order valence-corrected chi connectivity index (χ3v) is 5.29. The van der Waals surface area contributed by atoms with E-state index in [-0.39, 0.29) is 5.91 Å². The molecule has 5 rings (SSSR count). The lowest BCUT2D eigenvalue weighted by Crippen LogP contribution is -2.27. The van der Waals surface area contributed by atoms with E-state index in [4.69, 9.17) is 4.52 Å². The zero-order valence-corrected chi connectivity index (χ0v) is 17.1. The summed E-state index contributed by atoms with van der Waals surface area (Å²) in [6.45, 7) is 1.84. The van der Waals surface area contributed by atoms with E-state index >= 15 is 0 Å². The highest BCUT2D eigenvalue weighted by molar-refractivity contribution is 6.05. The number of rotatable bonds is 4. The normalized spacial score (nSPS) is 11.0. The molecule has 0 atom stereocenters. The van der Waals surface area contributed by atoms with Crippen molar-refractivity contribution in [1.29, 1.82) is 0 Å². The number of aromatic nitrogens is 4. The van der Waals surface area contributed by atoms with Gasteiger partial charge in [0, 0.05) is 18.3 Å². The van der Waals surface area contributed by atoms with Gasteiger partial charge < -0.3 is 9.42 Å². The van der Waals surface area contributed by atoms with Crippen molar-refractivity contribution in [2.24, 2.45) is 0 Å². The largest absolute Gasteiger partial charge is 0.355 e. The van der Waals surface area contributed by atoms with E-state index in [1.54, 1.807) is 16.6 Å². The molecule has 31 heavy (non-hydrogen) atoms. The maximum Gasteiger partial charge on any atom is 0.280 e. The summed E-state index contributed by atoms with van der Waals surface area (Å²) in [4.78, 5) is 14.6. The second kappa shape index (κ2) is 7.53. The van der Waals surface area contributed by atoms with Crippen LogP contribution >= 0.6 is 0 Å². The molecule has 152 valence electrons. The number of hydrogen-bond donors (Lipinski definition) is 0. The molecule has 0 saturated carbocycles. The molecule has 2 heterocycles. The number of para-hydroxylation sites is 1. The van der Waals surface area contributed by atoms with Gasteiger partial charge in [-0.1, -0.05) is 58.9 Å². The SMILES string of the molecule is Cc1c(C(=O)N(C)c2ccccc2)nnn1-c1ccc2noc(-c3ccccc3)c2c1. The minimum atomic E-state index is -0.217. The summed E-state index contributed by atoms with van der Waals surface area (Å²) in [5, 5.41) is 13.4. The van der Waals surface area contributed by atoms with Crippen LogP contribution in [-0.2, 0) is 0 Å². The summed E-state index contributed by atoms with van der Waals surface area (Å²) < 4.78 is 7.25. The Morgan fingerprint density at radius 1 is 0.968 bits per heavy atom. The van der Waals surface area contributed by atoms with Crippen molar-refractivity contribution in [2.75, 3.05) is 11.9 Å². The fourth-order valence-corrected chi connectivity index (χ4v) is 3.56. The molecular weight excluding hydrogens is 390 g/mol. The molecule has 1 amide bonds. The van der Waals surface area contributed by atoms with Crippen molar-refractivity contribution < 1.29 is 9.32 Å². The molecular formula is C24H19N5O2. The molecule has 0 radical (unpaired) electrons. The van der Waals surface area contributed by atoms with Crippen LogP contribution in [0.4, 0.5) is 5.69 Å². The van der Waals surface area contributed by atoms with Crippen LogP contribution in [0.1, 0.15) is 16.2 Å². The van der Waals surface area contributed by atoms with E-state index in [0.29, 0.717) is 17.1 Å². The van der Waals surface area contributed by atoms with Crippen LogP contribution in [0.15, 0.2) is 83.4 Å². The summed E-state index contributed by atoms with van der Waals surface area (Å²) in [7, 11) is 1.73.